The van der Waals surface area contributed by atoms with Crippen LogP contribution in [0.5, 0.6) is 11.5 Å². The monoisotopic (exact) mass is 356 g/mol. The summed E-state index contributed by atoms with van der Waals surface area (Å²) in [6.07, 6.45) is 0.362. The lowest BCUT2D eigenvalue weighted by Crippen LogP contribution is -2.43. The van der Waals surface area contributed by atoms with Crippen molar-refractivity contribution < 1.29 is 23.5 Å². The Morgan fingerprint density at radius 1 is 1.12 bits per heavy atom. The van der Waals surface area contributed by atoms with E-state index in [1.54, 1.807) is 18.2 Å². The highest BCUT2D eigenvalue weighted by molar-refractivity contribution is 6.07. The summed E-state index contributed by atoms with van der Waals surface area (Å²) in [7, 11) is 0. The van der Waals surface area contributed by atoms with Crippen molar-refractivity contribution in [1.29, 1.82) is 0 Å². The van der Waals surface area contributed by atoms with Crippen LogP contribution in [0.25, 0.3) is 0 Å². The van der Waals surface area contributed by atoms with Crippen LogP contribution in [-0.2, 0) is 16.9 Å². The first kappa shape index (κ1) is 16.4. The van der Waals surface area contributed by atoms with Crippen molar-refractivity contribution in [3.63, 3.8) is 0 Å². The third-order valence-electron chi connectivity index (χ3n) is 4.82. The standard InChI is InChI=1S/C19H17FN2O4/c1-2-19(13-4-6-14(20)7-5-13)17(23)22(18(24)21-19)10-12-3-8-15-16(9-12)26-11-25-15/h3-9H,2,10-11H2,1H3,(H,21,24)/t19-/m0/s1. The zero-order valence-corrected chi connectivity index (χ0v) is 14.1. The van der Waals surface area contributed by atoms with Crippen LogP contribution in [0.15, 0.2) is 42.5 Å². The quantitative estimate of drug-likeness (QED) is 0.856. The summed E-state index contributed by atoms with van der Waals surface area (Å²) in [6.45, 7) is 2.08. The number of nitrogens with zero attached hydrogens (tertiary/aromatic N) is 1. The van der Waals surface area contributed by atoms with Crippen LogP contribution < -0.4 is 14.8 Å². The Hall–Kier alpha value is -3.09. The number of imide groups is 1. The van der Waals surface area contributed by atoms with Gasteiger partial charge in [0.15, 0.2) is 11.5 Å². The molecule has 1 saturated heterocycles. The third-order valence-corrected chi connectivity index (χ3v) is 4.82. The Labute approximate surface area is 149 Å². The number of halogens is 1. The molecule has 2 aromatic rings. The topological polar surface area (TPSA) is 67.9 Å². The van der Waals surface area contributed by atoms with Gasteiger partial charge < -0.3 is 14.8 Å². The summed E-state index contributed by atoms with van der Waals surface area (Å²) in [5.74, 6) is 0.485. The van der Waals surface area contributed by atoms with E-state index in [1.807, 2.05) is 6.92 Å². The van der Waals surface area contributed by atoms with E-state index in [2.05, 4.69) is 5.32 Å². The first-order valence-corrected chi connectivity index (χ1v) is 8.32. The maximum Gasteiger partial charge on any atom is 0.325 e. The summed E-state index contributed by atoms with van der Waals surface area (Å²) in [5.41, 5.74) is 0.137. The zero-order valence-electron chi connectivity index (χ0n) is 14.1. The highest BCUT2D eigenvalue weighted by Crippen LogP contribution is 2.36. The molecule has 2 aromatic carbocycles. The van der Waals surface area contributed by atoms with E-state index in [1.165, 1.54) is 29.2 Å². The van der Waals surface area contributed by atoms with E-state index in [0.717, 1.165) is 5.56 Å². The van der Waals surface area contributed by atoms with Crippen molar-refractivity contribution in [3.8, 4) is 11.5 Å². The lowest BCUT2D eigenvalue weighted by molar-refractivity contribution is -0.132. The SMILES string of the molecule is CC[C@@]1(c2ccc(F)cc2)NC(=O)N(Cc2ccc3c(c2)OCO3)C1=O. The number of carbonyl (C=O) groups is 2. The van der Waals surface area contributed by atoms with Gasteiger partial charge in [0, 0.05) is 0 Å². The molecule has 2 aliphatic heterocycles. The van der Waals surface area contributed by atoms with Crippen LogP contribution in [-0.4, -0.2) is 23.6 Å². The lowest BCUT2D eigenvalue weighted by atomic mass is 9.87. The summed E-state index contributed by atoms with van der Waals surface area (Å²) in [6, 6.07) is 10.5. The molecular formula is C19H17FN2O4. The largest absolute Gasteiger partial charge is 0.454 e. The Kier molecular flexibility index (Phi) is 3.79. The molecule has 0 radical (unpaired) electrons. The normalized spacial score (nSPS) is 21.2. The molecule has 4 rings (SSSR count). The molecule has 2 aliphatic rings. The fourth-order valence-electron chi connectivity index (χ4n) is 3.37. The minimum atomic E-state index is -1.18. The summed E-state index contributed by atoms with van der Waals surface area (Å²) >= 11 is 0. The molecule has 1 atom stereocenters. The van der Waals surface area contributed by atoms with E-state index in [-0.39, 0.29) is 19.2 Å². The van der Waals surface area contributed by atoms with Gasteiger partial charge >= 0.3 is 6.03 Å². The van der Waals surface area contributed by atoms with Crippen molar-refractivity contribution >= 4 is 11.9 Å². The predicted octanol–water partition coefficient (Wildman–Crippen LogP) is 2.91. The van der Waals surface area contributed by atoms with Gasteiger partial charge in [0.1, 0.15) is 11.4 Å². The van der Waals surface area contributed by atoms with Gasteiger partial charge in [0.2, 0.25) is 6.79 Å². The Morgan fingerprint density at radius 3 is 2.58 bits per heavy atom. The second kappa shape index (κ2) is 6.01. The number of nitrogens with one attached hydrogen (secondary N) is 1. The molecule has 6 nitrogen and oxygen atoms in total. The van der Waals surface area contributed by atoms with E-state index >= 15 is 0 Å². The maximum absolute atomic E-state index is 13.2. The maximum atomic E-state index is 13.2. The van der Waals surface area contributed by atoms with Crippen molar-refractivity contribution in [2.75, 3.05) is 6.79 Å². The molecule has 0 spiro atoms. The first-order valence-electron chi connectivity index (χ1n) is 8.32. The smallest absolute Gasteiger partial charge is 0.325 e. The predicted molar refractivity (Wildman–Crippen MR) is 90.0 cm³/mol. The van der Waals surface area contributed by atoms with E-state index in [9.17, 15) is 14.0 Å². The van der Waals surface area contributed by atoms with Crippen LogP contribution in [0.1, 0.15) is 24.5 Å². The van der Waals surface area contributed by atoms with Crippen LogP contribution >= 0.6 is 0 Å². The van der Waals surface area contributed by atoms with Gasteiger partial charge in [-0.3, -0.25) is 9.69 Å². The van der Waals surface area contributed by atoms with Crippen LogP contribution in [0, 0.1) is 5.82 Å². The average Bonchev–Trinajstić information content (AvgIpc) is 3.20. The molecule has 134 valence electrons. The number of hydrogen-bond acceptors (Lipinski definition) is 4. The molecule has 1 fully saturated rings. The fourth-order valence-corrected chi connectivity index (χ4v) is 3.37. The molecule has 0 unspecified atom stereocenters. The minimum absolute atomic E-state index is 0.115. The number of fused-ring (bicyclic) bond motifs is 1. The van der Waals surface area contributed by atoms with Crippen molar-refractivity contribution in [2.45, 2.75) is 25.4 Å². The number of rotatable bonds is 4. The van der Waals surface area contributed by atoms with Crippen molar-refractivity contribution in [3.05, 3.63) is 59.4 Å². The number of amides is 3. The molecule has 1 N–H and O–H groups in total. The van der Waals surface area contributed by atoms with Gasteiger partial charge in [-0.25, -0.2) is 9.18 Å². The number of carbonyl (C=O) groups excluding carboxylic acids is 2. The minimum Gasteiger partial charge on any atom is -0.454 e. The Morgan fingerprint density at radius 2 is 1.85 bits per heavy atom. The number of benzene rings is 2. The van der Waals surface area contributed by atoms with Gasteiger partial charge in [-0.05, 0) is 41.8 Å². The summed E-state index contributed by atoms with van der Waals surface area (Å²) < 4.78 is 23.9. The van der Waals surface area contributed by atoms with Crippen molar-refractivity contribution in [1.82, 2.24) is 10.2 Å². The molecule has 2 heterocycles. The van der Waals surface area contributed by atoms with E-state index in [4.69, 9.17) is 9.47 Å². The van der Waals surface area contributed by atoms with Gasteiger partial charge in [-0.1, -0.05) is 25.1 Å². The zero-order chi connectivity index (χ0) is 18.3. The van der Waals surface area contributed by atoms with E-state index in [0.29, 0.717) is 23.5 Å². The molecule has 0 aliphatic carbocycles. The fraction of sp³-hybridized carbons (Fsp3) is 0.263. The number of urea groups is 1. The van der Waals surface area contributed by atoms with E-state index < -0.39 is 17.4 Å². The molecule has 26 heavy (non-hydrogen) atoms. The molecule has 0 bridgehead atoms. The second-order valence-electron chi connectivity index (χ2n) is 6.27. The average molecular weight is 356 g/mol. The highest BCUT2D eigenvalue weighted by Gasteiger charge is 2.51. The third kappa shape index (κ3) is 2.47. The molecule has 7 heteroatoms. The van der Waals surface area contributed by atoms with Gasteiger partial charge in [0.25, 0.3) is 5.91 Å². The van der Waals surface area contributed by atoms with Gasteiger partial charge in [-0.2, -0.15) is 0 Å². The highest BCUT2D eigenvalue weighted by atomic mass is 19.1. The first-order chi connectivity index (χ1) is 12.5. The lowest BCUT2D eigenvalue weighted by Gasteiger charge is -2.25. The Bertz CT molecular complexity index is 884. The summed E-state index contributed by atoms with van der Waals surface area (Å²) in [5, 5.41) is 2.78. The van der Waals surface area contributed by atoms with Crippen LogP contribution in [0.2, 0.25) is 0 Å². The molecule has 0 saturated carbocycles. The Balaban J connectivity index is 1.63. The second-order valence-corrected chi connectivity index (χ2v) is 6.27. The van der Waals surface area contributed by atoms with Crippen molar-refractivity contribution in [2.24, 2.45) is 0 Å². The molecular weight excluding hydrogens is 339 g/mol. The number of hydrogen-bond donors (Lipinski definition) is 1. The molecule has 0 aromatic heterocycles. The van der Waals surface area contributed by atoms with Gasteiger partial charge in [-0.15, -0.1) is 0 Å². The van der Waals surface area contributed by atoms with Crippen LogP contribution in [0.3, 0.4) is 0 Å². The molecule has 3 amide bonds. The van der Waals surface area contributed by atoms with Crippen LogP contribution in [0.4, 0.5) is 9.18 Å². The van der Waals surface area contributed by atoms with Gasteiger partial charge in [0.05, 0.1) is 6.54 Å². The summed E-state index contributed by atoms with van der Waals surface area (Å²) in [4.78, 5) is 26.8. The number of ether oxygens (including phenoxy) is 2.